The summed E-state index contributed by atoms with van der Waals surface area (Å²) in [6.07, 6.45) is 1.51. The number of aromatic nitrogens is 3. The summed E-state index contributed by atoms with van der Waals surface area (Å²) in [4.78, 5) is 28.8. The Kier molecular flexibility index (Phi) is 5.35. The number of pyridine rings is 1. The number of nitriles is 1. The Morgan fingerprint density at radius 2 is 1.94 bits per heavy atom. The molecule has 9 heteroatoms. The van der Waals surface area contributed by atoms with Crippen LogP contribution in [0.15, 0.2) is 54.7 Å². The number of hydrogen-bond donors (Lipinski definition) is 2. The second-order valence-corrected chi connectivity index (χ2v) is 7.14. The van der Waals surface area contributed by atoms with Crippen molar-refractivity contribution in [1.82, 2.24) is 14.8 Å². The molecule has 2 aromatic carbocycles. The number of nitrogens with zero attached hydrogens (tertiary/aromatic N) is 4. The van der Waals surface area contributed by atoms with Crippen molar-refractivity contribution in [2.75, 3.05) is 5.32 Å². The number of carbonyl (C=O) groups excluding carboxylic acids is 2. The molecule has 0 saturated heterocycles. The molecule has 0 radical (unpaired) electrons. The lowest BCUT2D eigenvalue weighted by Gasteiger charge is -2.09. The summed E-state index contributed by atoms with van der Waals surface area (Å²) in [6, 6.07) is 14.2. The van der Waals surface area contributed by atoms with Crippen molar-refractivity contribution >= 4 is 28.4 Å². The first-order valence-corrected chi connectivity index (χ1v) is 9.58. The van der Waals surface area contributed by atoms with E-state index in [0.717, 1.165) is 11.6 Å². The molecule has 4 rings (SSSR count). The molecular formula is C23H17FN6O2. The van der Waals surface area contributed by atoms with Crippen molar-refractivity contribution in [2.45, 2.75) is 13.5 Å². The van der Waals surface area contributed by atoms with E-state index < -0.39 is 17.6 Å². The van der Waals surface area contributed by atoms with Crippen LogP contribution in [-0.2, 0) is 6.54 Å². The average Bonchev–Trinajstić information content (AvgIpc) is 3.12. The second-order valence-electron chi connectivity index (χ2n) is 7.14. The van der Waals surface area contributed by atoms with E-state index in [1.807, 2.05) is 12.1 Å². The van der Waals surface area contributed by atoms with Crippen LogP contribution in [0.2, 0.25) is 0 Å². The fraction of sp³-hybridized carbons (Fsp3) is 0.0870. The molecule has 158 valence electrons. The van der Waals surface area contributed by atoms with E-state index in [9.17, 15) is 14.0 Å². The normalized spacial score (nSPS) is 10.7. The third-order valence-electron chi connectivity index (χ3n) is 5.04. The molecule has 0 fully saturated rings. The van der Waals surface area contributed by atoms with Crippen LogP contribution >= 0.6 is 0 Å². The van der Waals surface area contributed by atoms with Crippen molar-refractivity contribution in [3.63, 3.8) is 0 Å². The summed E-state index contributed by atoms with van der Waals surface area (Å²) < 4.78 is 15.3. The Morgan fingerprint density at radius 1 is 1.19 bits per heavy atom. The molecule has 2 aromatic heterocycles. The monoisotopic (exact) mass is 428 g/mol. The van der Waals surface area contributed by atoms with E-state index in [1.165, 1.54) is 24.4 Å². The summed E-state index contributed by atoms with van der Waals surface area (Å²) in [5, 5.41) is 16.3. The largest absolute Gasteiger partial charge is 0.366 e. The van der Waals surface area contributed by atoms with Gasteiger partial charge in [-0.25, -0.2) is 9.37 Å². The van der Waals surface area contributed by atoms with Crippen LogP contribution < -0.4 is 11.1 Å². The van der Waals surface area contributed by atoms with Crippen molar-refractivity contribution in [3.8, 4) is 6.07 Å². The maximum atomic E-state index is 13.6. The van der Waals surface area contributed by atoms with Gasteiger partial charge in [0.1, 0.15) is 11.5 Å². The molecule has 2 heterocycles. The van der Waals surface area contributed by atoms with Gasteiger partial charge in [0.2, 0.25) is 5.91 Å². The Labute approximate surface area is 182 Å². The molecule has 0 aliphatic carbocycles. The second kappa shape index (κ2) is 8.28. The highest BCUT2D eigenvalue weighted by molar-refractivity contribution is 6.10. The maximum absolute atomic E-state index is 13.6. The predicted molar refractivity (Wildman–Crippen MR) is 115 cm³/mol. The zero-order chi connectivity index (χ0) is 22.8. The SMILES string of the molecule is Cc1c(NC(=O)c2cc(C(N)=O)c3ccc(F)cc3n2)cnn1Cc1ccc(C#N)cc1. The van der Waals surface area contributed by atoms with Crippen molar-refractivity contribution in [1.29, 1.82) is 5.26 Å². The number of rotatable bonds is 5. The molecule has 0 unspecified atom stereocenters. The number of nitrogens with two attached hydrogens (primary N) is 1. The average molecular weight is 428 g/mol. The quantitative estimate of drug-likeness (QED) is 0.505. The first-order chi connectivity index (χ1) is 15.4. The number of hydrogen-bond acceptors (Lipinski definition) is 5. The minimum atomic E-state index is -0.746. The van der Waals surface area contributed by atoms with Crippen LogP contribution in [0.3, 0.4) is 0 Å². The standard InChI is InChI=1S/C23H17FN6O2/c1-13-21(11-27-30(13)12-15-4-2-14(10-25)3-5-15)29-23(32)20-9-18(22(26)31)17-7-6-16(24)8-19(17)28-20/h2-9,11H,12H2,1H3,(H2,26,31)(H,29,32). The molecule has 32 heavy (non-hydrogen) atoms. The summed E-state index contributed by atoms with van der Waals surface area (Å²) in [5.74, 6) is -1.87. The fourth-order valence-corrected chi connectivity index (χ4v) is 3.29. The van der Waals surface area contributed by atoms with E-state index >= 15 is 0 Å². The van der Waals surface area contributed by atoms with Crippen LogP contribution in [0.5, 0.6) is 0 Å². The lowest BCUT2D eigenvalue weighted by molar-refractivity contribution is 0.100. The number of benzene rings is 2. The van der Waals surface area contributed by atoms with Gasteiger partial charge >= 0.3 is 0 Å². The molecule has 0 aliphatic heterocycles. The number of nitrogens with one attached hydrogen (secondary N) is 1. The van der Waals surface area contributed by atoms with Crippen LogP contribution in [0.1, 0.15) is 37.7 Å². The van der Waals surface area contributed by atoms with Gasteiger partial charge in [-0.2, -0.15) is 10.4 Å². The van der Waals surface area contributed by atoms with Crippen LogP contribution in [-0.4, -0.2) is 26.6 Å². The smallest absolute Gasteiger partial charge is 0.274 e. The summed E-state index contributed by atoms with van der Waals surface area (Å²) in [6.45, 7) is 2.25. The molecule has 2 amide bonds. The van der Waals surface area contributed by atoms with Gasteiger partial charge in [-0.3, -0.25) is 14.3 Å². The molecule has 4 aromatic rings. The Balaban J connectivity index is 1.60. The van der Waals surface area contributed by atoms with Gasteiger partial charge in [-0.05, 0) is 42.8 Å². The van der Waals surface area contributed by atoms with E-state index in [-0.39, 0.29) is 16.8 Å². The lowest BCUT2D eigenvalue weighted by Crippen LogP contribution is -2.18. The van der Waals surface area contributed by atoms with Gasteiger partial charge < -0.3 is 11.1 Å². The molecule has 0 aliphatic rings. The Morgan fingerprint density at radius 3 is 2.62 bits per heavy atom. The van der Waals surface area contributed by atoms with Crippen molar-refractivity contribution in [2.24, 2.45) is 5.73 Å². The van der Waals surface area contributed by atoms with Gasteiger partial charge in [0.25, 0.3) is 5.91 Å². The van der Waals surface area contributed by atoms with Crippen LogP contribution in [0.4, 0.5) is 10.1 Å². The molecular weight excluding hydrogens is 411 g/mol. The van der Waals surface area contributed by atoms with Crippen molar-refractivity contribution in [3.05, 3.63) is 88.6 Å². The van der Waals surface area contributed by atoms with E-state index in [0.29, 0.717) is 28.9 Å². The number of halogens is 1. The van der Waals surface area contributed by atoms with Crippen LogP contribution in [0, 0.1) is 24.1 Å². The fourth-order valence-electron chi connectivity index (χ4n) is 3.29. The third-order valence-corrected chi connectivity index (χ3v) is 5.04. The third kappa shape index (κ3) is 4.02. The van der Waals surface area contributed by atoms with Gasteiger partial charge in [0, 0.05) is 11.5 Å². The van der Waals surface area contributed by atoms with Gasteiger partial charge in [-0.15, -0.1) is 0 Å². The molecule has 0 spiro atoms. The zero-order valence-corrected chi connectivity index (χ0v) is 17.0. The topological polar surface area (TPSA) is 127 Å². The number of carbonyl (C=O) groups is 2. The van der Waals surface area contributed by atoms with Gasteiger partial charge in [0.05, 0.1) is 46.8 Å². The van der Waals surface area contributed by atoms with Gasteiger partial charge in [0.15, 0.2) is 0 Å². The highest BCUT2D eigenvalue weighted by Crippen LogP contribution is 2.21. The number of fused-ring (bicyclic) bond motifs is 1. The lowest BCUT2D eigenvalue weighted by atomic mass is 10.1. The van der Waals surface area contributed by atoms with Crippen LogP contribution in [0.25, 0.3) is 10.9 Å². The predicted octanol–water partition coefficient (Wildman–Crippen LogP) is 3.15. The summed E-state index contributed by atoms with van der Waals surface area (Å²) >= 11 is 0. The Hall–Kier alpha value is -4.58. The Bertz CT molecular complexity index is 1400. The van der Waals surface area contributed by atoms with E-state index in [4.69, 9.17) is 11.0 Å². The highest BCUT2D eigenvalue weighted by Gasteiger charge is 2.17. The van der Waals surface area contributed by atoms with Crippen molar-refractivity contribution < 1.29 is 14.0 Å². The first-order valence-electron chi connectivity index (χ1n) is 9.58. The minimum absolute atomic E-state index is 0.0730. The summed E-state index contributed by atoms with van der Waals surface area (Å²) in [5.41, 5.74) is 8.26. The molecule has 0 bridgehead atoms. The number of primary amides is 1. The highest BCUT2D eigenvalue weighted by atomic mass is 19.1. The van der Waals surface area contributed by atoms with E-state index in [1.54, 1.807) is 23.7 Å². The number of amides is 2. The molecule has 0 atom stereocenters. The first kappa shape index (κ1) is 20.7. The summed E-state index contributed by atoms with van der Waals surface area (Å²) in [7, 11) is 0. The van der Waals surface area contributed by atoms with E-state index in [2.05, 4.69) is 21.5 Å². The maximum Gasteiger partial charge on any atom is 0.274 e. The zero-order valence-electron chi connectivity index (χ0n) is 17.0. The molecule has 0 saturated carbocycles. The molecule has 3 N–H and O–H groups in total. The number of anilines is 1. The molecule has 8 nitrogen and oxygen atoms in total. The van der Waals surface area contributed by atoms with Gasteiger partial charge in [-0.1, -0.05) is 12.1 Å². The minimum Gasteiger partial charge on any atom is -0.366 e.